The van der Waals surface area contributed by atoms with E-state index in [1.807, 2.05) is 39.1 Å². The van der Waals surface area contributed by atoms with Gasteiger partial charge in [-0.2, -0.15) is 0 Å². The molecule has 2 aromatic rings. The van der Waals surface area contributed by atoms with Crippen molar-refractivity contribution in [2.24, 2.45) is 0 Å². The highest BCUT2D eigenvalue weighted by Crippen LogP contribution is 2.24. The SMILES string of the molecule is Cc1cnc(C(C)(C)NC(=O)Cc2ccc(N)cc2)s1.Cl.Cl. The van der Waals surface area contributed by atoms with Crippen LogP contribution < -0.4 is 11.1 Å². The van der Waals surface area contributed by atoms with Crippen LogP contribution in [0.1, 0.15) is 29.3 Å². The van der Waals surface area contributed by atoms with Crippen LogP contribution in [0.4, 0.5) is 5.69 Å². The molecule has 1 aromatic heterocycles. The number of aromatic nitrogens is 1. The van der Waals surface area contributed by atoms with E-state index in [-0.39, 0.29) is 30.7 Å². The fraction of sp³-hybridized carbons (Fsp3) is 0.333. The van der Waals surface area contributed by atoms with Crippen LogP contribution >= 0.6 is 36.2 Å². The molecule has 0 spiro atoms. The highest BCUT2D eigenvalue weighted by molar-refractivity contribution is 7.11. The van der Waals surface area contributed by atoms with E-state index in [4.69, 9.17) is 5.73 Å². The van der Waals surface area contributed by atoms with Gasteiger partial charge in [0.05, 0.1) is 12.0 Å². The first kappa shape index (κ1) is 20.7. The molecule has 2 rings (SSSR count). The smallest absolute Gasteiger partial charge is 0.225 e. The number of nitrogens with two attached hydrogens (primary N) is 1. The minimum atomic E-state index is -0.455. The molecule has 0 unspecified atom stereocenters. The molecule has 0 bridgehead atoms. The Balaban J connectivity index is 0.00000220. The number of rotatable bonds is 4. The number of carbonyl (C=O) groups excluding carboxylic acids is 1. The molecule has 0 saturated carbocycles. The van der Waals surface area contributed by atoms with Gasteiger partial charge in [-0.3, -0.25) is 4.79 Å². The van der Waals surface area contributed by atoms with E-state index in [2.05, 4.69) is 10.3 Å². The number of nitrogen functional groups attached to an aromatic ring is 1. The number of anilines is 1. The molecule has 0 aliphatic heterocycles. The van der Waals surface area contributed by atoms with Crippen molar-refractivity contribution in [3.05, 3.63) is 45.9 Å². The maximum absolute atomic E-state index is 12.1. The van der Waals surface area contributed by atoms with E-state index < -0.39 is 5.54 Å². The number of nitrogens with one attached hydrogen (secondary N) is 1. The Hall–Kier alpha value is -1.30. The first-order valence-corrected chi connectivity index (χ1v) is 7.27. The first-order chi connectivity index (χ1) is 9.37. The lowest BCUT2D eigenvalue weighted by Gasteiger charge is -2.23. The molecular formula is C15H21Cl2N3OS. The standard InChI is InChI=1S/C15H19N3OS.2ClH/c1-10-9-17-14(20-10)15(2,3)18-13(19)8-11-4-6-12(16)7-5-11;;/h4-7,9H,8,16H2,1-3H3,(H,18,19);2*1H. The lowest BCUT2D eigenvalue weighted by atomic mass is 10.1. The van der Waals surface area contributed by atoms with E-state index in [9.17, 15) is 4.79 Å². The molecule has 1 aromatic carbocycles. The third-order valence-electron chi connectivity index (χ3n) is 2.95. The summed E-state index contributed by atoms with van der Waals surface area (Å²) in [4.78, 5) is 17.6. The van der Waals surface area contributed by atoms with Gasteiger partial charge < -0.3 is 11.1 Å². The summed E-state index contributed by atoms with van der Waals surface area (Å²) in [5, 5.41) is 3.94. The second-order valence-corrected chi connectivity index (χ2v) is 6.60. The highest BCUT2D eigenvalue weighted by Gasteiger charge is 2.25. The van der Waals surface area contributed by atoms with E-state index in [0.29, 0.717) is 12.1 Å². The number of thiazole rings is 1. The van der Waals surface area contributed by atoms with Crippen LogP contribution in [0.5, 0.6) is 0 Å². The topological polar surface area (TPSA) is 68.0 Å². The largest absolute Gasteiger partial charge is 0.399 e. The van der Waals surface area contributed by atoms with Crippen LogP contribution in [0.2, 0.25) is 0 Å². The van der Waals surface area contributed by atoms with Crippen molar-refractivity contribution < 1.29 is 4.79 Å². The zero-order chi connectivity index (χ0) is 14.8. The molecule has 122 valence electrons. The normalized spacial score (nSPS) is 10.3. The number of benzene rings is 1. The predicted octanol–water partition coefficient (Wildman–Crippen LogP) is 3.47. The van der Waals surface area contributed by atoms with Gasteiger partial charge in [0, 0.05) is 16.8 Å². The van der Waals surface area contributed by atoms with Gasteiger partial charge in [0.15, 0.2) is 0 Å². The van der Waals surface area contributed by atoms with Crippen LogP contribution in [-0.2, 0) is 16.8 Å². The van der Waals surface area contributed by atoms with Crippen molar-refractivity contribution in [1.82, 2.24) is 10.3 Å². The van der Waals surface area contributed by atoms with E-state index in [1.165, 1.54) is 0 Å². The van der Waals surface area contributed by atoms with Crippen LogP contribution in [0.25, 0.3) is 0 Å². The summed E-state index contributed by atoms with van der Waals surface area (Å²) >= 11 is 1.60. The molecule has 1 heterocycles. The average Bonchev–Trinajstić information content (AvgIpc) is 2.79. The zero-order valence-electron chi connectivity index (χ0n) is 12.8. The fourth-order valence-electron chi connectivity index (χ4n) is 1.91. The summed E-state index contributed by atoms with van der Waals surface area (Å²) in [6.07, 6.45) is 2.17. The highest BCUT2D eigenvalue weighted by atomic mass is 35.5. The van der Waals surface area contributed by atoms with Crippen molar-refractivity contribution in [2.75, 3.05) is 5.73 Å². The Morgan fingerprint density at radius 2 is 1.86 bits per heavy atom. The number of aryl methyl sites for hydroxylation is 1. The third-order valence-corrected chi connectivity index (χ3v) is 4.19. The monoisotopic (exact) mass is 361 g/mol. The number of nitrogens with zero attached hydrogens (tertiary/aromatic N) is 1. The molecule has 0 aliphatic rings. The Kier molecular flexibility index (Phi) is 7.87. The van der Waals surface area contributed by atoms with Crippen molar-refractivity contribution in [1.29, 1.82) is 0 Å². The van der Waals surface area contributed by atoms with Gasteiger partial charge in [0.25, 0.3) is 0 Å². The molecule has 0 aliphatic carbocycles. The molecule has 7 heteroatoms. The molecule has 22 heavy (non-hydrogen) atoms. The van der Waals surface area contributed by atoms with E-state index in [0.717, 1.165) is 15.4 Å². The minimum absolute atomic E-state index is 0. The number of carbonyl (C=O) groups is 1. The van der Waals surface area contributed by atoms with Crippen LogP contribution in [0.15, 0.2) is 30.5 Å². The van der Waals surface area contributed by atoms with Gasteiger partial charge in [-0.05, 0) is 38.5 Å². The summed E-state index contributed by atoms with van der Waals surface area (Å²) in [5.74, 6) is -0.0207. The van der Waals surface area contributed by atoms with Gasteiger partial charge >= 0.3 is 0 Å². The molecule has 3 N–H and O–H groups in total. The third kappa shape index (κ3) is 5.48. The molecule has 0 saturated heterocycles. The van der Waals surface area contributed by atoms with Crippen LogP contribution in [0, 0.1) is 6.92 Å². The predicted molar refractivity (Wildman–Crippen MR) is 97.1 cm³/mol. The number of amides is 1. The Labute approximate surface area is 147 Å². The lowest BCUT2D eigenvalue weighted by molar-refractivity contribution is -0.122. The summed E-state index contributed by atoms with van der Waals surface area (Å²) in [6.45, 7) is 5.94. The fourth-order valence-corrected chi connectivity index (χ4v) is 2.73. The summed E-state index contributed by atoms with van der Waals surface area (Å²) in [6, 6.07) is 7.35. The number of hydrogen-bond donors (Lipinski definition) is 2. The van der Waals surface area contributed by atoms with Gasteiger partial charge in [-0.1, -0.05) is 12.1 Å². The van der Waals surface area contributed by atoms with Crippen molar-refractivity contribution >= 4 is 47.7 Å². The summed E-state index contributed by atoms with van der Waals surface area (Å²) in [5.41, 5.74) is 6.82. The molecule has 0 fully saturated rings. The van der Waals surface area contributed by atoms with E-state index >= 15 is 0 Å². The first-order valence-electron chi connectivity index (χ1n) is 6.45. The van der Waals surface area contributed by atoms with Crippen molar-refractivity contribution in [3.63, 3.8) is 0 Å². The van der Waals surface area contributed by atoms with Crippen LogP contribution in [0.3, 0.4) is 0 Å². The quantitative estimate of drug-likeness (QED) is 0.819. The van der Waals surface area contributed by atoms with Crippen LogP contribution in [-0.4, -0.2) is 10.9 Å². The molecule has 0 radical (unpaired) electrons. The van der Waals surface area contributed by atoms with Crippen molar-refractivity contribution in [3.8, 4) is 0 Å². The lowest BCUT2D eigenvalue weighted by Crippen LogP contribution is -2.41. The zero-order valence-corrected chi connectivity index (χ0v) is 15.2. The Bertz CT molecular complexity index is 612. The molecule has 4 nitrogen and oxygen atoms in total. The van der Waals surface area contributed by atoms with Gasteiger partial charge in [0.1, 0.15) is 5.01 Å². The second kappa shape index (κ2) is 8.36. The average molecular weight is 362 g/mol. The Morgan fingerprint density at radius 1 is 1.27 bits per heavy atom. The maximum Gasteiger partial charge on any atom is 0.225 e. The molecular weight excluding hydrogens is 341 g/mol. The summed E-state index contributed by atoms with van der Waals surface area (Å²) in [7, 11) is 0. The number of hydrogen-bond acceptors (Lipinski definition) is 4. The van der Waals surface area contributed by atoms with Gasteiger partial charge in [-0.15, -0.1) is 36.2 Å². The number of halogens is 2. The minimum Gasteiger partial charge on any atom is -0.399 e. The van der Waals surface area contributed by atoms with Crippen molar-refractivity contribution in [2.45, 2.75) is 32.7 Å². The summed E-state index contributed by atoms with van der Waals surface area (Å²) < 4.78 is 0. The maximum atomic E-state index is 12.1. The molecule has 0 atom stereocenters. The second-order valence-electron chi connectivity index (χ2n) is 5.37. The molecule has 1 amide bonds. The Morgan fingerprint density at radius 3 is 2.36 bits per heavy atom. The van der Waals surface area contributed by atoms with Gasteiger partial charge in [-0.25, -0.2) is 4.98 Å². The van der Waals surface area contributed by atoms with Gasteiger partial charge in [0.2, 0.25) is 5.91 Å². The van der Waals surface area contributed by atoms with E-state index in [1.54, 1.807) is 23.5 Å².